The molecule has 0 unspecified atom stereocenters. The smallest absolute Gasteiger partial charge is 0.264 e. The molecule has 3 amide bonds. The third-order valence-corrected chi connectivity index (χ3v) is 8.60. The van der Waals surface area contributed by atoms with Crippen LogP contribution in [0.5, 0.6) is 0 Å². The molecule has 1 saturated carbocycles. The van der Waals surface area contributed by atoms with Crippen molar-refractivity contribution in [1.29, 1.82) is 0 Å². The molecule has 5 rings (SSSR count). The molecule has 3 fully saturated rings. The Hall–Kier alpha value is -2.91. The number of rotatable bonds is 5. The van der Waals surface area contributed by atoms with Crippen molar-refractivity contribution < 1.29 is 14.4 Å². The molecule has 0 atom stereocenters. The Kier molecular flexibility index (Phi) is 8.41. The van der Waals surface area contributed by atoms with Crippen LogP contribution >= 0.6 is 11.3 Å². The van der Waals surface area contributed by atoms with Gasteiger partial charge in [-0.3, -0.25) is 14.4 Å². The van der Waals surface area contributed by atoms with Crippen LogP contribution in [0, 0.1) is 5.92 Å². The molecule has 2 aliphatic heterocycles. The van der Waals surface area contributed by atoms with Crippen molar-refractivity contribution in [2.75, 3.05) is 62.6 Å². The van der Waals surface area contributed by atoms with E-state index in [0.717, 1.165) is 62.3 Å². The minimum atomic E-state index is 0.00905. The second kappa shape index (κ2) is 12.1. The Morgan fingerprint density at radius 1 is 0.838 bits per heavy atom. The maximum absolute atomic E-state index is 13.3. The number of hydrogen-bond acceptors (Lipinski definition) is 6. The first-order valence-electron chi connectivity index (χ1n) is 13.6. The molecule has 0 spiro atoms. The van der Waals surface area contributed by atoms with E-state index in [-0.39, 0.29) is 23.6 Å². The number of benzene rings is 1. The maximum atomic E-state index is 13.3. The molecule has 8 nitrogen and oxygen atoms in total. The summed E-state index contributed by atoms with van der Waals surface area (Å²) in [5.41, 5.74) is 2.23. The highest BCUT2D eigenvalue weighted by Gasteiger charge is 2.27. The van der Waals surface area contributed by atoms with E-state index in [1.165, 1.54) is 17.8 Å². The number of hydrogen-bond donors (Lipinski definition) is 2. The van der Waals surface area contributed by atoms with Crippen LogP contribution < -0.4 is 15.5 Å². The third-order valence-electron chi connectivity index (χ3n) is 7.74. The van der Waals surface area contributed by atoms with E-state index in [1.54, 1.807) is 0 Å². The van der Waals surface area contributed by atoms with Gasteiger partial charge in [0.15, 0.2) is 0 Å². The fourth-order valence-corrected chi connectivity index (χ4v) is 6.27. The van der Waals surface area contributed by atoms with E-state index < -0.39 is 0 Å². The molecule has 9 heteroatoms. The van der Waals surface area contributed by atoms with Crippen molar-refractivity contribution in [1.82, 2.24) is 15.1 Å². The van der Waals surface area contributed by atoms with Crippen LogP contribution in [0.1, 0.15) is 58.6 Å². The number of anilines is 2. The third kappa shape index (κ3) is 6.15. The van der Waals surface area contributed by atoms with Gasteiger partial charge in [-0.2, -0.15) is 0 Å². The Balaban J connectivity index is 1.34. The first-order valence-corrected chi connectivity index (χ1v) is 14.5. The van der Waals surface area contributed by atoms with E-state index in [0.29, 0.717) is 44.0 Å². The molecule has 3 heterocycles. The zero-order valence-corrected chi connectivity index (χ0v) is 22.2. The zero-order valence-electron chi connectivity index (χ0n) is 21.4. The van der Waals surface area contributed by atoms with Gasteiger partial charge in [0.2, 0.25) is 5.91 Å². The van der Waals surface area contributed by atoms with Gasteiger partial charge in [-0.25, -0.2) is 0 Å². The fourth-order valence-electron chi connectivity index (χ4n) is 5.58. The van der Waals surface area contributed by atoms with Crippen LogP contribution in [0.15, 0.2) is 35.7 Å². The first kappa shape index (κ1) is 25.7. The second-order valence-corrected chi connectivity index (χ2v) is 11.2. The van der Waals surface area contributed by atoms with Crippen molar-refractivity contribution in [2.24, 2.45) is 5.92 Å². The van der Waals surface area contributed by atoms with E-state index >= 15 is 0 Å². The Morgan fingerprint density at radius 3 is 2.38 bits per heavy atom. The lowest BCUT2D eigenvalue weighted by atomic mass is 9.88. The lowest BCUT2D eigenvalue weighted by Gasteiger charge is -2.37. The Bertz CT molecular complexity index is 1080. The molecule has 2 N–H and O–H groups in total. The summed E-state index contributed by atoms with van der Waals surface area (Å²) in [5, 5.41) is 8.47. The van der Waals surface area contributed by atoms with Gasteiger partial charge in [0.25, 0.3) is 11.8 Å². The number of carbonyl (C=O) groups excluding carboxylic acids is 3. The first-order chi connectivity index (χ1) is 18.1. The average molecular weight is 524 g/mol. The largest absolute Gasteiger partial charge is 0.366 e. The summed E-state index contributed by atoms with van der Waals surface area (Å²) in [6.45, 7) is 5.73. The van der Waals surface area contributed by atoms with Gasteiger partial charge < -0.3 is 25.3 Å². The second-order valence-electron chi connectivity index (χ2n) is 10.2. The molecule has 3 aliphatic rings. The molecule has 1 aromatic heterocycles. The summed E-state index contributed by atoms with van der Waals surface area (Å²) in [7, 11) is 0. The summed E-state index contributed by atoms with van der Waals surface area (Å²) in [6, 6.07) is 9.49. The highest BCUT2D eigenvalue weighted by Crippen LogP contribution is 2.32. The maximum Gasteiger partial charge on any atom is 0.264 e. The highest BCUT2D eigenvalue weighted by molar-refractivity contribution is 7.12. The molecular weight excluding hydrogens is 486 g/mol. The number of amides is 3. The van der Waals surface area contributed by atoms with Crippen LogP contribution in [0.2, 0.25) is 0 Å². The molecule has 198 valence electrons. The van der Waals surface area contributed by atoms with Crippen LogP contribution in [-0.2, 0) is 4.79 Å². The van der Waals surface area contributed by atoms with E-state index in [2.05, 4.69) is 15.5 Å². The number of carbonyl (C=O) groups is 3. The summed E-state index contributed by atoms with van der Waals surface area (Å²) >= 11 is 1.47. The number of nitrogens with zero attached hydrogens (tertiary/aromatic N) is 3. The molecule has 0 radical (unpaired) electrons. The molecule has 37 heavy (non-hydrogen) atoms. The molecule has 2 aromatic rings. The Morgan fingerprint density at radius 2 is 1.62 bits per heavy atom. The van der Waals surface area contributed by atoms with Gasteiger partial charge in [0.05, 0.1) is 16.3 Å². The van der Waals surface area contributed by atoms with Crippen molar-refractivity contribution >= 4 is 40.4 Å². The SMILES string of the molecule is O=C(Nc1cc(C(=O)N2CCCNCC2)ccc1N1CCN(C(=O)c2cccs2)CC1)C1CCCCC1. The van der Waals surface area contributed by atoms with Gasteiger partial charge in [-0.1, -0.05) is 25.3 Å². The van der Waals surface area contributed by atoms with Crippen molar-refractivity contribution in [3.8, 4) is 0 Å². The molecule has 2 saturated heterocycles. The number of thiophene rings is 1. The Labute approximate surface area is 223 Å². The quantitative estimate of drug-likeness (QED) is 0.625. The highest BCUT2D eigenvalue weighted by atomic mass is 32.1. The predicted octanol–water partition coefficient (Wildman–Crippen LogP) is 3.66. The van der Waals surface area contributed by atoms with Crippen molar-refractivity contribution in [2.45, 2.75) is 38.5 Å². The van der Waals surface area contributed by atoms with Gasteiger partial charge in [0, 0.05) is 57.3 Å². The topological polar surface area (TPSA) is 85.0 Å². The van der Waals surface area contributed by atoms with E-state index in [1.807, 2.05) is 45.5 Å². The van der Waals surface area contributed by atoms with Gasteiger partial charge >= 0.3 is 0 Å². The number of nitrogens with one attached hydrogen (secondary N) is 2. The van der Waals surface area contributed by atoms with Gasteiger partial charge in [-0.05, 0) is 55.5 Å². The summed E-state index contributed by atoms with van der Waals surface area (Å²) in [5.74, 6) is 0.164. The van der Waals surface area contributed by atoms with Crippen LogP contribution in [-0.4, -0.2) is 79.9 Å². The molecule has 1 aromatic carbocycles. The summed E-state index contributed by atoms with van der Waals surface area (Å²) in [6.07, 6.45) is 6.15. The van der Waals surface area contributed by atoms with E-state index in [4.69, 9.17) is 0 Å². The van der Waals surface area contributed by atoms with Crippen LogP contribution in [0.4, 0.5) is 11.4 Å². The normalized spacial score (nSPS) is 19.4. The van der Waals surface area contributed by atoms with Crippen molar-refractivity contribution in [3.05, 3.63) is 46.2 Å². The minimum absolute atomic E-state index is 0.00905. The van der Waals surface area contributed by atoms with Crippen LogP contribution in [0.3, 0.4) is 0 Å². The molecule has 0 bridgehead atoms. The standard InChI is InChI=1S/C28H37N5O3S/c34-26(21-6-2-1-3-7-21)30-23-20-22(27(35)32-13-5-11-29-12-14-32)9-10-24(23)31-15-17-33(18-16-31)28(36)25-8-4-19-37-25/h4,8-10,19-21,29H,1-3,5-7,11-18H2,(H,30,34). The lowest BCUT2D eigenvalue weighted by Crippen LogP contribution is -2.48. The lowest BCUT2D eigenvalue weighted by molar-refractivity contribution is -0.120. The van der Waals surface area contributed by atoms with E-state index in [9.17, 15) is 14.4 Å². The monoisotopic (exact) mass is 523 g/mol. The summed E-state index contributed by atoms with van der Waals surface area (Å²) < 4.78 is 0. The van der Waals surface area contributed by atoms with Crippen molar-refractivity contribution in [3.63, 3.8) is 0 Å². The van der Waals surface area contributed by atoms with Gasteiger partial charge in [-0.15, -0.1) is 11.3 Å². The van der Waals surface area contributed by atoms with Gasteiger partial charge in [0.1, 0.15) is 0 Å². The fraction of sp³-hybridized carbons (Fsp3) is 0.536. The average Bonchev–Trinajstić information content (AvgIpc) is 3.35. The summed E-state index contributed by atoms with van der Waals surface area (Å²) in [4.78, 5) is 46.1. The molecular formula is C28H37N5O3S. The number of piperazine rings is 1. The zero-order chi connectivity index (χ0) is 25.6. The molecule has 1 aliphatic carbocycles. The minimum Gasteiger partial charge on any atom is -0.366 e. The van der Waals surface area contributed by atoms with Crippen LogP contribution in [0.25, 0.3) is 0 Å². The predicted molar refractivity (Wildman–Crippen MR) is 147 cm³/mol.